The van der Waals surface area contributed by atoms with E-state index in [9.17, 15) is 18.3 Å². The zero-order chi connectivity index (χ0) is 13.2. The minimum atomic E-state index is -4.55. The first-order chi connectivity index (χ1) is 7.82. The fourth-order valence-electron chi connectivity index (χ4n) is 1.70. The molecule has 0 aliphatic heterocycles. The molecule has 2 N–H and O–H groups in total. The third-order valence-corrected chi connectivity index (χ3v) is 3.37. The lowest BCUT2D eigenvalue weighted by Gasteiger charge is -2.12. The Morgan fingerprint density at radius 2 is 1.94 bits per heavy atom. The van der Waals surface area contributed by atoms with E-state index in [4.69, 9.17) is 4.55 Å². The van der Waals surface area contributed by atoms with E-state index < -0.39 is 26.5 Å². The molecule has 7 heteroatoms. The number of aromatic nitrogens is 1. The molecule has 1 rings (SSSR count). The Labute approximate surface area is 99.3 Å². The topological polar surface area (TPSA) is 96.6 Å². The van der Waals surface area contributed by atoms with E-state index in [2.05, 4.69) is 0 Å². The second kappa shape index (κ2) is 4.89. The van der Waals surface area contributed by atoms with Gasteiger partial charge < -0.3 is 5.11 Å². The number of rotatable bonds is 4. The summed E-state index contributed by atoms with van der Waals surface area (Å²) in [4.78, 5) is 11.0. The normalized spacial score (nSPS) is 11.7. The standard InChI is InChI=1S/C10H15NO5S/c1-3-5-7-6-8(12)11(4-2)10(13)9(7)17(14,15)16/h6,13H,3-5H2,1-2H3,(H,14,15,16). The summed E-state index contributed by atoms with van der Waals surface area (Å²) in [5, 5.41) is 9.74. The number of pyridine rings is 1. The number of aryl methyl sites for hydroxylation is 1. The summed E-state index contributed by atoms with van der Waals surface area (Å²) in [6, 6.07) is 1.13. The van der Waals surface area contributed by atoms with Gasteiger partial charge in [0, 0.05) is 12.6 Å². The predicted octanol–water partition coefficient (Wildman–Crippen LogP) is 0.773. The summed E-state index contributed by atoms with van der Waals surface area (Å²) >= 11 is 0. The largest absolute Gasteiger partial charge is 0.493 e. The first-order valence-corrected chi connectivity index (χ1v) is 6.70. The molecule has 0 spiro atoms. The van der Waals surface area contributed by atoms with Crippen molar-refractivity contribution in [3.05, 3.63) is 22.0 Å². The average molecular weight is 261 g/mol. The molecule has 1 aromatic rings. The fourth-order valence-corrected chi connectivity index (χ4v) is 2.54. The highest BCUT2D eigenvalue weighted by atomic mass is 32.2. The van der Waals surface area contributed by atoms with Crippen LogP contribution < -0.4 is 5.56 Å². The van der Waals surface area contributed by atoms with Crippen molar-refractivity contribution >= 4 is 10.1 Å². The van der Waals surface area contributed by atoms with Gasteiger partial charge in [0.2, 0.25) is 5.88 Å². The average Bonchev–Trinajstić information content (AvgIpc) is 2.15. The zero-order valence-corrected chi connectivity index (χ0v) is 10.5. The summed E-state index contributed by atoms with van der Waals surface area (Å²) in [6.45, 7) is 3.52. The lowest BCUT2D eigenvalue weighted by Crippen LogP contribution is -2.22. The van der Waals surface area contributed by atoms with E-state index in [1.807, 2.05) is 0 Å². The maximum atomic E-state index is 11.6. The van der Waals surface area contributed by atoms with Crippen LogP contribution in [0.3, 0.4) is 0 Å². The van der Waals surface area contributed by atoms with Crippen LogP contribution in [0.5, 0.6) is 5.88 Å². The Balaban J connectivity index is 3.69. The Hall–Kier alpha value is -1.34. The molecule has 0 saturated heterocycles. The number of hydrogen-bond donors (Lipinski definition) is 2. The monoisotopic (exact) mass is 261 g/mol. The van der Waals surface area contributed by atoms with Crippen molar-refractivity contribution < 1.29 is 18.1 Å². The van der Waals surface area contributed by atoms with Gasteiger partial charge in [-0.1, -0.05) is 13.3 Å². The molecule has 17 heavy (non-hydrogen) atoms. The molecule has 0 amide bonds. The third kappa shape index (κ3) is 2.67. The molecule has 1 aromatic heterocycles. The molecule has 0 unspecified atom stereocenters. The van der Waals surface area contributed by atoms with Crippen molar-refractivity contribution in [1.29, 1.82) is 0 Å². The van der Waals surface area contributed by atoms with Crippen LogP contribution in [-0.2, 0) is 23.1 Å². The Morgan fingerprint density at radius 3 is 2.35 bits per heavy atom. The molecule has 0 bridgehead atoms. The number of nitrogens with zero attached hydrogens (tertiary/aromatic N) is 1. The van der Waals surface area contributed by atoms with Crippen LogP contribution in [0.25, 0.3) is 0 Å². The van der Waals surface area contributed by atoms with Crippen molar-refractivity contribution in [2.45, 2.75) is 38.1 Å². The first kappa shape index (κ1) is 13.7. The molecule has 1 heterocycles. The van der Waals surface area contributed by atoms with Crippen LogP contribution in [0.2, 0.25) is 0 Å². The summed E-state index contributed by atoms with van der Waals surface area (Å²) in [6.07, 6.45) is 0.889. The summed E-state index contributed by atoms with van der Waals surface area (Å²) in [7, 11) is -4.55. The predicted molar refractivity (Wildman–Crippen MR) is 61.9 cm³/mol. The van der Waals surface area contributed by atoms with Gasteiger partial charge in [0.15, 0.2) is 4.90 Å². The van der Waals surface area contributed by atoms with Gasteiger partial charge in [0.05, 0.1) is 0 Å². The van der Waals surface area contributed by atoms with E-state index in [0.29, 0.717) is 12.8 Å². The lowest BCUT2D eigenvalue weighted by atomic mass is 10.1. The van der Waals surface area contributed by atoms with Crippen LogP contribution in [0, 0.1) is 0 Å². The van der Waals surface area contributed by atoms with E-state index in [-0.39, 0.29) is 12.1 Å². The van der Waals surface area contributed by atoms with Gasteiger partial charge in [0.1, 0.15) is 0 Å². The number of hydrogen-bond acceptors (Lipinski definition) is 4. The molecule has 0 aliphatic rings. The smallest absolute Gasteiger partial charge is 0.300 e. The molecule has 0 atom stereocenters. The van der Waals surface area contributed by atoms with Crippen molar-refractivity contribution in [2.24, 2.45) is 0 Å². The van der Waals surface area contributed by atoms with Gasteiger partial charge >= 0.3 is 0 Å². The molecule has 0 aromatic carbocycles. The van der Waals surface area contributed by atoms with E-state index in [0.717, 1.165) is 10.6 Å². The first-order valence-electron chi connectivity index (χ1n) is 5.26. The lowest BCUT2D eigenvalue weighted by molar-refractivity contribution is 0.386. The minimum absolute atomic E-state index is 0.125. The minimum Gasteiger partial charge on any atom is -0.493 e. The maximum Gasteiger partial charge on any atom is 0.300 e. The molecule has 96 valence electrons. The third-order valence-electron chi connectivity index (χ3n) is 2.41. The summed E-state index contributed by atoms with van der Waals surface area (Å²) in [5.41, 5.74) is -0.344. The Morgan fingerprint density at radius 1 is 1.35 bits per heavy atom. The maximum absolute atomic E-state index is 11.6. The van der Waals surface area contributed by atoms with Crippen molar-refractivity contribution in [1.82, 2.24) is 4.57 Å². The van der Waals surface area contributed by atoms with Crippen LogP contribution in [-0.4, -0.2) is 22.6 Å². The van der Waals surface area contributed by atoms with Crippen LogP contribution in [0.15, 0.2) is 15.8 Å². The van der Waals surface area contributed by atoms with Crippen LogP contribution in [0.4, 0.5) is 0 Å². The Bertz CT molecular complexity index is 573. The molecule has 6 nitrogen and oxygen atoms in total. The van der Waals surface area contributed by atoms with E-state index in [1.165, 1.54) is 0 Å². The summed E-state index contributed by atoms with van der Waals surface area (Å²) < 4.78 is 32.4. The second-order valence-corrected chi connectivity index (χ2v) is 4.99. The highest BCUT2D eigenvalue weighted by Crippen LogP contribution is 2.25. The van der Waals surface area contributed by atoms with Gasteiger partial charge in [-0.2, -0.15) is 8.42 Å². The van der Waals surface area contributed by atoms with Crippen molar-refractivity contribution in [3.63, 3.8) is 0 Å². The van der Waals surface area contributed by atoms with Crippen molar-refractivity contribution in [2.75, 3.05) is 0 Å². The summed E-state index contributed by atoms with van der Waals surface area (Å²) in [5.74, 6) is -0.703. The Kier molecular flexibility index (Phi) is 3.94. The van der Waals surface area contributed by atoms with Gasteiger partial charge in [-0.25, -0.2) is 0 Å². The van der Waals surface area contributed by atoms with Crippen LogP contribution in [0.1, 0.15) is 25.8 Å². The fraction of sp³-hybridized carbons (Fsp3) is 0.500. The van der Waals surface area contributed by atoms with Gasteiger partial charge in [-0.05, 0) is 18.9 Å². The van der Waals surface area contributed by atoms with Gasteiger partial charge in [-0.15, -0.1) is 0 Å². The molecular formula is C10H15NO5S. The van der Waals surface area contributed by atoms with E-state index >= 15 is 0 Å². The molecule has 0 aliphatic carbocycles. The van der Waals surface area contributed by atoms with Gasteiger partial charge in [-0.3, -0.25) is 13.9 Å². The molecule has 0 saturated carbocycles. The quantitative estimate of drug-likeness (QED) is 0.780. The van der Waals surface area contributed by atoms with Crippen molar-refractivity contribution in [3.8, 4) is 5.88 Å². The zero-order valence-electron chi connectivity index (χ0n) is 9.67. The number of aromatic hydroxyl groups is 1. The molecular weight excluding hydrogens is 246 g/mol. The second-order valence-electron chi connectivity index (χ2n) is 3.63. The molecule has 0 radical (unpaired) electrons. The highest BCUT2D eigenvalue weighted by Gasteiger charge is 2.23. The van der Waals surface area contributed by atoms with E-state index in [1.54, 1.807) is 13.8 Å². The molecule has 0 fully saturated rings. The SMILES string of the molecule is CCCc1cc(=O)n(CC)c(O)c1S(=O)(=O)O. The van der Waals surface area contributed by atoms with Gasteiger partial charge in [0.25, 0.3) is 15.7 Å². The van der Waals surface area contributed by atoms with Crippen LogP contribution >= 0.6 is 0 Å². The highest BCUT2D eigenvalue weighted by molar-refractivity contribution is 7.86.